The van der Waals surface area contributed by atoms with Gasteiger partial charge in [0.05, 0.1) is 0 Å². The number of hydrogen-bond acceptors (Lipinski definition) is 0. The van der Waals surface area contributed by atoms with E-state index in [4.69, 9.17) is 17.0 Å². The van der Waals surface area contributed by atoms with E-state index in [0.717, 1.165) is 12.8 Å². The van der Waals surface area contributed by atoms with E-state index in [1.165, 1.54) is 44.5 Å². The zero-order valence-electron chi connectivity index (χ0n) is 19.4. The van der Waals surface area contributed by atoms with Crippen LogP contribution < -0.4 is 0 Å². The van der Waals surface area contributed by atoms with Crippen LogP contribution in [0.2, 0.25) is 0 Å². The van der Waals surface area contributed by atoms with Crippen molar-refractivity contribution in [2.75, 3.05) is 0 Å². The van der Waals surface area contributed by atoms with Crippen molar-refractivity contribution in [2.45, 2.75) is 76.8 Å². The van der Waals surface area contributed by atoms with E-state index in [1.807, 2.05) is 0 Å². The summed E-state index contributed by atoms with van der Waals surface area (Å²) in [4.78, 5) is 0. The van der Waals surface area contributed by atoms with Crippen LogP contribution in [0.3, 0.4) is 0 Å². The van der Waals surface area contributed by atoms with Gasteiger partial charge in [0, 0.05) is 0 Å². The molecule has 3 heteroatoms. The maximum absolute atomic E-state index is 6.73. The Bertz CT molecular complexity index is 914. The van der Waals surface area contributed by atoms with Gasteiger partial charge in [0.2, 0.25) is 0 Å². The van der Waals surface area contributed by atoms with E-state index >= 15 is 0 Å². The van der Waals surface area contributed by atoms with Gasteiger partial charge in [-0.15, -0.1) is 0 Å². The number of hydrogen-bond donors (Lipinski definition) is 0. The van der Waals surface area contributed by atoms with Gasteiger partial charge in [-0.1, -0.05) is 0 Å². The molecule has 0 saturated carbocycles. The van der Waals surface area contributed by atoms with Crippen LogP contribution in [0.5, 0.6) is 0 Å². The summed E-state index contributed by atoms with van der Waals surface area (Å²) >= 11 is -2.52. The number of rotatable bonds is 7. The molecule has 0 saturated heterocycles. The molecule has 161 valence electrons. The third-order valence-corrected chi connectivity index (χ3v) is 11.9. The van der Waals surface area contributed by atoms with Crippen LogP contribution >= 0.6 is 17.0 Å². The molecule has 0 aliphatic heterocycles. The Kier molecular flexibility index (Phi) is 8.15. The standard InChI is InChI=1S/C27H35.2ClH.Zr/c1-8-19(7)24-12-21-11-10-20(9-2)27(26(21)16-24)25-14-22(17(3)4)13-23(15-25)18(5)6;;;/h10-19H,8-9H2,1-7H3;2*1H;/q;;;+2/p-2. The molecule has 2 unspecified atom stereocenters. The van der Waals surface area contributed by atoms with Crippen LogP contribution in [0.25, 0.3) is 17.2 Å². The molecule has 2 aromatic rings. The van der Waals surface area contributed by atoms with E-state index < -0.39 is 19.4 Å². The summed E-state index contributed by atoms with van der Waals surface area (Å²) in [6.45, 7) is 16.0. The minimum atomic E-state index is -2.52. The summed E-state index contributed by atoms with van der Waals surface area (Å²) in [5, 5.41) is 0. The average molecular weight is 522 g/mol. The van der Waals surface area contributed by atoms with Gasteiger partial charge < -0.3 is 0 Å². The Morgan fingerprint density at radius 2 is 1.50 bits per heavy atom. The molecule has 0 radical (unpaired) electrons. The average Bonchev–Trinajstić information content (AvgIpc) is 3.11. The molecule has 0 aromatic heterocycles. The van der Waals surface area contributed by atoms with Crippen molar-refractivity contribution < 1.29 is 19.4 Å². The first-order chi connectivity index (χ1) is 14.2. The molecule has 2 atom stereocenters. The van der Waals surface area contributed by atoms with E-state index in [1.54, 1.807) is 0 Å². The summed E-state index contributed by atoms with van der Waals surface area (Å²) in [6, 6.07) is 11.9. The van der Waals surface area contributed by atoms with E-state index in [0.29, 0.717) is 17.8 Å². The normalized spacial score (nSPS) is 16.8. The quantitative estimate of drug-likeness (QED) is 0.340. The van der Waals surface area contributed by atoms with Gasteiger partial charge in [-0.05, 0) is 0 Å². The van der Waals surface area contributed by atoms with Crippen molar-refractivity contribution in [2.24, 2.45) is 5.92 Å². The SMILES string of the molecule is CCc1ccc2c(c1-c1cc(C(C)C)cc(C(C)C)c1)C=C(C(C)CC)[CH]2[Zr]([Cl])[Cl]. The minimum absolute atomic E-state index is 0.281. The summed E-state index contributed by atoms with van der Waals surface area (Å²) in [6.07, 6.45) is 4.60. The second-order valence-electron chi connectivity index (χ2n) is 9.33. The molecule has 0 heterocycles. The monoisotopic (exact) mass is 519 g/mol. The van der Waals surface area contributed by atoms with Crippen molar-refractivity contribution in [1.29, 1.82) is 0 Å². The Balaban J connectivity index is 2.31. The third kappa shape index (κ3) is 4.70. The van der Waals surface area contributed by atoms with Crippen molar-refractivity contribution in [3.8, 4) is 11.1 Å². The molecule has 1 aliphatic rings. The van der Waals surface area contributed by atoms with Gasteiger partial charge >= 0.3 is 200 Å². The van der Waals surface area contributed by atoms with E-state index in [9.17, 15) is 0 Å². The molecule has 3 rings (SSSR count). The molecule has 0 bridgehead atoms. The van der Waals surface area contributed by atoms with Gasteiger partial charge in [-0.25, -0.2) is 0 Å². The van der Waals surface area contributed by atoms with Crippen LogP contribution in [0.1, 0.15) is 98.2 Å². The molecule has 0 spiro atoms. The van der Waals surface area contributed by atoms with Crippen LogP contribution in [0.4, 0.5) is 0 Å². The van der Waals surface area contributed by atoms with E-state index in [-0.39, 0.29) is 3.63 Å². The number of benzene rings is 2. The number of halogens is 2. The summed E-state index contributed by atoms with van der Waals surface area (Å²) in [7, 11) is 13.5. The summed E-state index contributed by atoms with van der Waals surface area (Å²) in [5.41, 5.74) is 11.2. The maximum atomic E-state index is 6.73. The first kappa shape index (κ1) is 24.3. The van der Waals surface area contributed by atoms with Crippen LogP contribution in [-0.4, -0.2) is 0 Å². The molecular formula is C27H35Cl2Zr. The van der Waals surface area contributed by atoms with Crippen LogP contribution in [-0.2, 0) is 25.8 Å². The molecule has 1 aliphatic carbocycles. The van der Waals surface area contributed by atoms with Gasteiger partial charge in [0.25, 0.3) is 0 Å². The predicted molar refractivity (Wildman–Crippen MR) is 131 cm³/mol. The molecule has 0 fully saturated rings. The number of aryl methyl sites for hydroxylation is 1. The fourth-order valence-electron chi connectivity index (χ4n) is 4.55. The zero-order valence-corrected chi connectivity index (χ0v) is 23.4. The molecule has 2 aromatic carbocycles. The Labute approximate surface area is 198 Å². The van der Waals surface area contributed by atoms with Crippen molar-refractivity contribution >= 4 is 23.1 Å². The number of allylic oxidation sites excluding steroid dienone is 1. The molecule has 0 N–H and O–H groups in total. The van der Waals surface area contributed by atoms with Crippen molar-refractivity contribution in [3.05, 3.63) is 63.7 Å². The van der Waals surface area contributed by atoms with Gasteiger partial charge in [0.15, 0.2) is 0 Å². The van der Waals surface area contributed by atoms with Gasteiger partial charge in [-0.2, -0.15) is 0 Å². The molecule has 0 nitrogen and oxygen atoms in total. The first-order valence-corrected chi connectivity index (χ1v) is 19.1. The molecular weight excluding hydrogens is 486 g/mol. The second kappa shape index (κ2) is 10.1. The Morgan fingerprint density at radius 3 is 1.97 bits per heavy atom. The summed E-state index contributed by atoms with van der Waals surface area (Å²) < 4.78 is 0.281. The summed E-state index contributed by atoms with van der Waals surface area (Å²) in [5.74, 6) is 1.53. The third-order valence-electron chi connectivity index (χ3n) is 6.70. The second-order valence-corrected chi connectivity index (χ2v) is 18.1. The fraction of sp³-hybridized carbons (Fsp3) is 0.481. The predicted octanol–water partition coefficient (Wildman–Crippen LogP) is 9.57. The van der Waals surface area contributed by atoms with Gasteiger partial charge in [0.1, 0.15) is 0 Å². The van der Waals surface area contributed by atoms with Crippen molar-refractivity contribution in [3.63, 3.8) is 0 Å². The van der Waals surface area contributed by atoms with Crippen molar-refractivity contribution in [1.82, 2.24) is 0 Å². The topological polar surface area (TPSA) is 0 Å². The van der Waals surface area contributed by atoms with Gasteiger partial charge in [-0.3, -0.25) is 0 Å². The molecule has 30 heavy (non-hydrogen) atoms. The molecule has 0 amide bonds. The number of fused-ring (bicyclic) bond motifs is 1. The Hall–Kier alpha value is -0.357. The van der Waals surface area contributed by atoms with E-state index in [2.05, 4.69) is 84.9 Å². The van der Waals surface area contributed by atoms with Crippen LogP contribution in [0, 0.1) is 5.92 Å². The van der Waals surface area contributed by atoms with Crippen LogP contribution in [0.15, 0.2) is 35.9 Å². The fourth-order valence-corrected chi connectivity index (χ4v) is 10.1. The first-order valence-electron chi connectivity index (χ1n) is 11.4. The zero-order chi connectivity index (χ0) is 22.2. The Morgan fingerprint density at radius 1 is 0.900 bits per heavy atom.